The number of carbonyl (C=O) groups excluding carboxylic acids is 1. The van der Waals surface area contributed by atoms with Crippen LogP contribution < -0.4 is 0 Å². The molecule has 0 fully saturated rings. The van der Waals surface area contributed by atoms with E-state index >= 15 is 0 Å². The number of rotatable bonds is 3. The number of methoxy groups -OCH3 is 1. The van der Waals surface area contributed by atoms with E-state index < -0.39 is 23.4 Å². The highest BCUT2D eigenvalue weighted by molar-refractivity contribution is 7.13. The Hall–Kier alpha value is -2.15. The van der Waals surface area contributed by atoms with Crippen LogP contribution in [-0.2, 0) is 9.53 Å². The molecular formula is C15H12F3NO2S. The number of carbonyl (C=O) groups is 1. The summed E-state index contributed by atoms with van der Waals surface area (Å²) in [5, 5.41) is 0.603. The number of hydrogen-bond acceptors (Lipinski definition) is 4. The average Bonchev–Trinajstić information content (AvgIpc) is 2.86. The molecule has 2 rings (SSSR count). The largest absolute Gasteiger partial charge is 0.466 e. The van der Waals surface area contributed by atoms with Gasteiger partial charge < -0.3 is 4.74 Å². The number of hydrogen-bond donors (Lipinski definition) is 0. The van der Waals surface area contributed by atoms with E-state index in [1.165, 1.54) is 24.5 Å². The van der Waals surface area contributed by atoms with Crippen molar-refractivity contribution in [2.45, 2.75) is 13.8 Å². The lowest BCUT2D eigenvalue weighted by molar-refractivity contribution is -0.134. The predicted molar refractivity (Wildman–Crippen MR) is 77.8 cm³/mol. The Labute approximate surface area is 129 Å². The fourth-order valence-electron chi connectivity index (χ4n) is 1.89. The SMILES string of the molecule is COC(=O)/C=C(\C)c1sc(C)nc1-c1ccc(F)c(F)c1F. The van der Waals surface area contributed by atoms with Crippen molar-refractivity contribution in [2.24, 2.45) is 0 Å². The van der Waals surface area contributed by atoms with E-state index in [1.807, 2.05) is 0 Å². The number of aryl methyl sites for hydroxylation is 1. The van der Waals surface area contributed by atoms with Gasteiger partial charge in [0.25, 0.3) is 0 Å². The maximum absolute atomic E-state index is 14.0. The number of aromatic nitrogens is 1. The summed E-state index contributed by atoms with van der Waals surface area (Å²) in [4.78, 5) is 16.0. The zero-order valence-corrected chi connectivity index (χ0v) is 12.9. The second kappa shape index (κ2) is 6.31. The van der Waals surface area contributed by atoms with Gasteiger partial charge in [-0.1, -0.05) is 0 Å². The predicted octanol–water partition coefficient (Wildman–Crippen LogP) is 4.11. The minimum atomic E-state index is -1.55. The van der Waals surface area contributed by atoms with Gasteiger partial charge >= 0.3 is 5.97 Å². The van der Waals surface area contributed by atoms with Crippen molar-refractivity contribution < 1.29 is 22.7 Å². The topological polar surface area (TPSA) is 39.2 Å². The average molecular weight is 327 g/mol. The second-order valence-electron chi connectivity index (χ2n) is 4.48. The first-order chi connectivity index (χ1) is 10.3. The van der Waals surface area contributed by atoms with Crippen LogP contribution in [0.3, 0.4) is 0 Å². The van der Waals surface area contributed by atoms with E-state index in [-0.39, 0.29) is 11.3 Å². The Kier molecular flexibility index (Phi) is 4.65. The van der Waals surface area contributed by atoms with Crippen LogP contribution >= 0.6 is 11.3 Å². The molecule has 0 bridgehead atoms. The van der Waals surface area contributed by atoms with Crippen molar-refractivity contribution in [1.82, 2.24) is 4.98 Å². The number of thiazole rings is 1. The maximum atomic E-state index is 14.0. The maximum Gasteiger partial charge on any atom is 0.330 e. The van der Waals surface area contributed by atoms with Crippen LogP contribution in [0.2, 0.25) is 0 Å². The highest BCUT2D eigenvalue weighted by Gasteiger charge is 2.21. The standard InChI is InChI=1S/C15H12F3NO2S/c1-7(6-11(20)21-3)15-14(19-8(2)22-15)9-4-5-10(16)13(18)12(9)17/h4-6H,1-3H3/b7-6+. The van der Waals surface area contributed by atoms with Crippen LogP contribution in [0.4, 0.5) is 13.2 Å². The van der Waals surface area contributed by atoms with Crippen molar-refractivity contribution in [3.8, 4) is 11.3 Å². The summed E-state index contributed by atoms with van der Waals surface area (Å²) in [6.07, 6.45) is 1.23. The van der Waals surface area contributed by atoms with Gasteiger partial charge in [-0.25, -0.2) is 22.9 Å². The van der Waals surface area contributed by atoms with Gasteiger partial charge in [-0.3, -0.25) is 0 Å². The molecular weight excluding hydrogens is 315 g/mol. The van der Waals surface area contributed by atoms with Crippen molar-refractivity contribution in [1.29, 1.82) is 0 Å². The molecule has 0 spiro atoms. The van der Waals surface area contributed by atoms with E-state index in [0.29, 0.717) is 15.5 Å². The normalized spacial score (nSPS) is 11.6. The zero-order valence-electron chi connectivity index (χ0n) is 12.0. The first-order valence-corrected chi connectivity index (χ1v) is 7.04. The monoisotopic (exact) mass is 327 g/mol. The molecule has 0 N–H and O–H groups in total. The summed E-state index contributed by atoms with van der Waals surface area (Å²) >= 11 is 1.22. The van der Waals surface area contributed by atoms with E-state index in [0.717, 1.165) is 12.1 Å². The van der Waals surface area contributed by atoms with Crippen molar-refractivity contribution in [3.05, 3.63) is 45.5 Å². The lowest BCUT2D eigenvalue weighted by Crippen LogP contribution is -1.97. The Balaban J connectivity index is 2.61. The molecule has 1 aromatic heterocycles. The number of ether oxygens (including phenoxy) is 1. The molecule has 7 heteroatoms. The molecule has 0 aliphatic rings. The smallest absolute Gasteiger partial charge is 0.330 e. The summed E-state index contributed by atoms with van der Waals surface area (Å²) in [5.41, 5.74) is 0.504. The van der Waals surface area contributed by atoms with Crippen LogP contribution in [-0.4, -0.2) is 18.1 Å². The first kappa shape index (κ1) is 16.2. The van der Waals surface area contributed by atoms with Gasteiger partial charge in [0, 0.05) is 11.6 Å². The first-order valence-electron chi connectivity index (χ1n) is 6.23. The molecule has 0 aliphatic carbocycles. The Morgan fingerprint density at radius 2 is 1.95 bits per heavy atom. The lowest BCUT2D eigenvalue weighted by Gasteiger charge is -2.05. The van der Waals surface area contributed by atoms with Gasteiger partial charge in [0.05, 0.1) is 22.7 Å². The Bertz CT molecular complexity index is 768. The summed E-state index contributed by atoms with van der Waals surface area (Å²) in [6, 6.07) is 1.96. The van der Waals surface area contributed by atoms with Crippen molar-refractivity contribution in [2.75, 3.05) is 7.11 Å². The Morgan fingerprint density at radius 3 is 2.59 bits per heavy atom. The molecule has 1 heterocycles. The molecule has 3 nitrogen and oxygen atoms in total. The molecule has 0 unspecified atom stereocenters. The summed E-state index contributed by atoms with van der Waals surface area (Å²) in [5.74, 6) is -4.70. The zero-order chi connectivity index (χ0) is 16.4. The van der Waals surface area contributed by atoms with Gasteiger partial charge in [0.1, 0.15) is 0 Å². The molecule has 116 valence electrons. The third-order valence-corrected chi connectivity index (χ3v) is 4.02. The minimum absolute atomic E-state index is 0.157. The van der Waals surface area contributed by atoms with Crippen molar-refractivity contribution in [3.63, 3.8) is 0 Å². The number of esters is 1. The minimum Gasteiger partial charge on any atom is -0.466 e. The number of nitrogens with zero attached hydrogens (tertiary/aromatic N) is 1. The van der Waals surface area contributed by atoms with Gasteiger partial charge in [-0.2, -0.15) is 0 Å². The Morgan fingerprint density at radius 1 is 1.27 bits per heavy atom. The number of benzene rings is 1. The lowest BCUT2D eigenvalue weighted by atomic mass is 10.1. The van der Waals surface area contributed by atoms with Crippen LogP contribution in [0, 0.1) is 24.4 Å². The van der Waals surface area contributed by atoms with Gasteiger partial charge in [0.15, 0.2) is 17.5 Å². The van der Waals surface area contributed by atoms with Gasteiger partial charge in [0.2, 0.25) is 0 Å². The van der Waals surface area contributed by atoms with E-state index in [1.54, 1.807) is 13.8 Å². The molecule has 22 heavy (non-hydrogen) atoms. The van der Waals surface area contributed by atoms with Crippen LogP contribution in [0.5, 0.6) is 0 Å². The van der Waals surface area contributed by atoms with E-state index in [2.05, 4.69) is 9.72 Å². The molecule has 2 aromatic rings. The van der Waals surface area contributed by atoms with Crippen LogP contribution in [0.25, 0.3) is 16.8 Å². The molecule has 0 amide bonds. The highest BCUT2D eigenvalue weighted by atomic mass is 32.1. The highest BCUT2D eigenvalue weighted by Crippen LogP contribution is 2.35. The fraction of sp³-hybridized carbons (Fsp3) is 0.200. The van der Waals surface area contributed by atoms with E-state index in [4.69, 9.17) is 0 Å². The molecule has 0 saturated heterocycles. The van der Waals surface area contributed by atoms with E-state index in [9.17, 15) is 18.0 Å². The quantitative estimate of drug-likeness (QED) is 0.484. The number of allylic oxidation sites excluding steroid dienone is 1. The molecule has 0 radical (unpaired) electrons. The molecule has 1 aromatic carbocycles. The molecule has 0 saturated carbocycles. The third-order valence-electron chi connectivity index (χ3n) is 2.92. The summed E-state index contributed by atoms with van der Waals surface area (Å²) in [6.45, 7) is 3.33. The third kappa shape index (κ3) is 3.04. The number of halogens is 3. The van der Waals surface area contributed by atoms with Crippen LogP contribution in [0.1, 0.15) is 16.8 Å². The van der Waals surface area contributed by atoms with Gasteiger partial charge in [-0.15, -0.1) is 11.3 Å². The van der Waals surface area contributed by atoms with Crippen LogP contribution in [0.15, 0.2) is 18.2 Å². The summed E-state index contributed by atoms with van der Waals surface area (Å²) < 4.78 is 45.0. The molecule has 0 aliphatic heterocycles. The van der Waals surface area contributed by atoms with Crippen molar-refractivity contribution >= 4 is 22.9 Å². The van der Waals surface area contributed by atoms with Gasteiger partial charge in [-0.05, 0) is 31.6 Å². The fourth-order valence-corrected chi connectivity index (χ4v) is 2.79. The second-order valence-corrected chi connectivity index (χ2v) is 5.69. The summed E-state index contributed by atoms with van der Waals surface area (Å²) in [7, 11) is 1.24. The molecule has 0 atom stereocenters.